The minimum absolute atomic E-state index is 0.444. The highest BCUT2D eigenvalue weighted by Crippen LogP contribution is 2.28. The SMILES string of the molecule is C=Nc1c(/C=C\Cc2nc(-c3ccc(-c4ccc(C#N)cc4)cc3)nc(-c3ccc4ccc5cccnc5c4n3)n2)cc/c(=C/C=C\C)c1=C. The summed E-state index contributed by atoms with van der Waals surface area (Å²) < 4.78 is 0. The molecule has 0 spiro atoms. The zero-order valence-corrected chi connectivity index (χ0v) is 27.5. The third-order valence-corrected chi connectivity index (χ3v) is 8.41. The van der Waals surface area contributed by atoms with Crippen LogP contribution >= 0.6 is 0 Å². The number of aromatic nitrogens is 5. The second-order valence-corrected chi connectivity index (χ2v) is 11.6. The molecule has 238 valence electrons. The van der Waals surface area contributed by atoms with Gasteiger partial charge in [-0.15, -0.1) is 0 Å². The average molecular weight is 646 g/mol. The van der Waals surface area contributed by atoms with E-state index >= 15 is 0 Å². The Hall–Kier alpha value is -6.91. The van der Waals surface area contributed by atoms with Crippen molar-refractivity contribution in [3.63, 3.8) is 0 Å². The van der Waals surface area contributed by atoms with Gasteiger partial charge < -0.3 is 0 Å². The van der Waals surface area contributed by atoms with Crippen molar-refractivity contribution < 1.29 is 0 Å². The number of hydrogen-bond donors (Lipinski definition) is 0. The molecule has 7 rings (SSSR count). The maximum Gasteiger partial charge on any atom is 0.182 e. The highest BCUT2D eigenvalue weighted by atomic mass is 15.0. The second kappa shape index (κ2) is 14.1. The van der Waals surface area contributed by atoms with Crippen LogP contribution in [0, 0.1) is 11.3 Å². The molecule has 3 heterocycles. The van der Waals surface area contributed by atoms with Crippen molar-refractivity contribution in [1.29, 1.82) is 5.26 Å². The van der Waals surface area contributed by atoms with E-state index in [1.807, 2.05) is 122 Å². The summed E-state index contributed by atoms with van der Waals surface area (Å²) in [5.41, 5.74) is 7.41. The van der Waals surface area contributed by atoms with E-state index in [2.05, 4.69) is 41.5 Å². The van der Waals surface area contributed by atoms with E-state index in [0.717, 1.165) is 60.2 Å². The molecule has 0 unspecified atom stereocenters. The number of nitriles is 1. The number of benzene rings is 4. The summed E-state index contributed by atoms with van der Waals surface area (Å²) in [5, 5.41) is 13.0. The number of allylic oxidation sites excluding steroid dienone is 3. The van der Waals surface area contributed by atoms with Crippen molar-refractivity contribution in [2.24, 2.45) is 4.99 Å². The summed E-state index contributed by atoms with van der Waals surface area (Å²) in [6, 6.07) is 33.8. The van der Waals surface area contributed by atoms with Crippen LogP contribution in [0.2, 0.25) is 0 Å². The van der Waals surface area contributed by atoms with Crippen LogP contribution in [0.3, 0.4) is 0 Å². The fourth-order valence-corrected chi connectivity index (χ4v) is 5.79. The topological polar surface area (TPSA) is 101 Å². The molecule has 4 aromatic carbocycles. The highest BCUT2D eigenvalue weighted by Gasteiger charge is 2.14. The zero-order valence-electron chi connectivity index (χ0n) is 27.5. The summed E-state index contributed by atoms with van der Waals surface area (Å²) in [5.74, 6) is 1.61. The Morgan fingerprint density at radius 1 is 0.760 bits per heavy atom. The fraction of sp³-hybridized carbons (Fsp3) is 0.0465. The quantitative estimate of drug-likeness (QED) is 0.122. The van der Waals surface area contributed by atoms with Gasteiger partial charge in [0, 0.05) is 39.7 Å². The molecule has 50 heavy (non-hydrogen) atoms. The molecule has 0 radical (unpaired) electrons. The standard InChI is InChI=1S/C43H31N7/c1-4-5-8-30-16-19-33(39(45-3)28(30)2)9-6-11-38-48-42(36-22-17-32(18-23-36)31-14-12-29(27-44)13-15-31)50-43(49-38)37-25-24-35-21-20-34-10-7-26-46-40(34)41(35)47-37/h4-10,12-26H,2-3,11H2,1H3/b5-4-,9-6-,30-8-. The first-order valence-corrected chi connectivity index (χ1v) is 16.1. The van der Waals surface area contributed by atoms with Gasteiger partial charge in [-0.25, -0.2) is 19.9 Å². The van der Waals surface area contributed by atoms with Crippen molar-refractivity contribution in [2.45, 2.75) is 13.3 Å². The molecule has 0 saturated heterocycles. The second-order valence-electron chi connectivity index (χ2n) is 11.6. The Labute approximate surface area is 289 Å². The summed E-state index contributed by atoms with van der Waals surface area (Å²) in [6.07, 6.45) is 12.2. The van der Waals surface area contributed by atoms with Gasteiger partial charge in [-0.3, -0.25) is 9.98 Å². The van der Waals surface area contributed by atoms with E-state index < -0.39 is 0 Å². The lowest BCUT2D eigenvalue weighted by Crippen LogP contribution is -2.23. The van der Waals surface area contributed by atoms with Crippen LogP contribution < -0.4 is 10.4 Å². The lowest BCUT2D eigenvalue weighted by molar-refractivity contribution is 0.944. The first-order valence-electron chi connectivity index (χ1n) is 16.1. The van der Waals surface area contributed by atoms with Crippen LogP contribution in [0.15, 0.2) is 126 Å². The molecular weight excluding hydrogens is 615 g/mol. The number of pyridine rings is 2. The van der Waals surface area contributed by atoms with Gasteiger partial charge in [0.15, 0.2) is 11.6 Å². The van der Waals surface area contributed by atoms with Crippen LogP contribution in [-0.4, -0.2) is 31.6 Å². The highest BCUT2D eigenvalue weighted by molar-refractivity contribution is 6.03. The first kappa shape index (κ1) is 31.7. The van der Waals surface area contributed by atoms with Gasteiger partial charge >= 0.3 is 0 Å². The lowest BCUT2D eigenvalue weighted by Gasteiger charge is -2.09. The van der Waals surface area contributed by atoms with Crippen LogP contribution in [0.1, 0.15) is 23.9 Å². The first-order chi connectivity index (χ1) is 24.5. The van der Waals surface area contributed by atoms with Gasteiger partial charge in [-0.1, -0.05) is 110 Å². The van der Waals surface area contributed by atoms with Crippen LogP contribution in [0.5, 0.6) is 0 Å². The summed E-state index contributed by atoms with van der Waals surface area (Å²) in [4.78, 5) is 28.6. The lowest BCUT2D eigenvalue weighted by atomic mass is 10.0. The Morgan fingerprint density at radius 2 is 1.46 bits per heavy atom. The smallest absolute Gasteiger partial charge is 0.182 e. The molecule has 7 aromatic rings. The van der Waals surface area contributed by atoms with E-state index in [0.29, 0.717) is 35.2 Å². The molecule has 0 aliphatic rings. The summed E-state index contributed by atoms with van der Waals surface area (Å²) in [6.45, 7) is 10.0. The number of fused-ring (bicyclic) bond motifs is 3. The van der Waals surface area contributed by atoms with E-state index in [1.165, 1.54) is 0 Å². The third-order valence-electron chi connectivity index (χ3n) is 8.41. The largest absolute Gasteiger partial charge is 0.263 e. The molecule has 0 fully saturated rings. The molecule has 0 amide bonds. The maximum absolute atomic E-state index is 9.18. The monoisotopic (exact) mass is 645 g/mol. The normalized spacial score (nSPS) is 11.9. The number of aliphatic imine (C=N–C) groups is 1. The minimum atomic E-state index is 0.444. The minimum Gasteiger partial charge on any atom is -0.263 e. The van der Waals surface area contributed by atoms with Crippen molar-refractivity contribution in [3.05, 3.63) is 149 Å². The van der Waals surface area contributed by atoms with E-state index in [1.54, 1.807) is 6.20 Å². The number of rotatable bonds is 8. The molecule has 3 aromatic heterocycles. The molecule has 0 aliphatic carbocycles. The Kier molecular flexibility index (Phi) is 8.91. The van der Waals surface area contributed by atoms with Gasteiger partial charge in [0.1, 0.15) is 11.5 Å². The van der Waals surface area contributed by atoms with Gasteiger partial charge in [-0.05, 0) is 54.3 Å². The molecule has 0 aliphatic heterocycles. The van der Waals surface area contributed by atoms with E-state index in [4.69, 9.17) is 19.9 Å². The van der Waals surface area contributed by atoms with Gasteiger partial charge in [-0.2, -0.15) is 5.26 Å². The number of hydrogen-bond acceptors (Lipinski definition) is 7. The Morgan fingerprint density at radius 3 is 2.20 bits per heavy atom. The number of nitrogens with zero attached hydrogens (tertiary/aromatic N) is 7. The molecule has 7 nitrogen and oxygen atoms in total. The van der Waals surface area contributed by atoms with Gasteiger partial charge in [0.05, 0.1) is 28.4 Å². The maximum atomic E-state index is 9.18. The molecule has 0 bridgehead atoms. The third kappa shape index (κ3) is 6.46. The van der Waals surface area contributed by atoms with Gasteiger partial charge in [0.25, 0.3) is 0 Å². The predicted molar refractivity (Wildman–Crippen MR) is 204 cm³/mol. The van der Waals surface area contributed by atoms with Crippen molar-refractivity contribution in [2.75, 3.05) is 0 Å². The Balaban J connectivity index is 1.29. The summed E-state index contributed by atoms with van der Waals surface area (Å²) in [7, 11) is 0. The molecule has 0 atom stereocenters. The molecule has 0 N–H and O–H groups in total. The molecule has 7 heteroatoms. The van der Waals surface area contributed by atoms with Crippen molar-refractivity contribution >= 4 is 52.9 Å². The van der Waals surface area contributed by atoms with Crippen LogP contribution in [0.25, 0.3) is 74.6 Å². The Bertz CT molecular complexity index is 2610. The van der Waals surface area contributed by atoms with Crippen LogP contribution in [0.4, 0.5) is 5.69 Å². The zero-order chi connectivity index (χ0) is 34.5. The van der Waals surface area contributed by atoms with E-state index in [9.17, 15) is 5.26 Å². The van der Waals surface area contributed by atoms with Crippen LogP contribution in [-0.2, 0) is 6.42 Å². The average Bonchev–Trinajstić information content (AvgIpc) is 3.17. The van der Waals surface area contributed by atoms with Crippen molar-refractivity contribution in [3.8, 4) is 40.1 Å². The predicted octanol–water partition coefficient (Wildman–Crippen LogP) is 8.20. The van der Waals surface area contributed by atoms with Gasteiger partial charge in [0.2, 0.25) is 0 Å². The molecule has 0 saturated carbocycles. The summed E-state index contributed by atoms with van der Waals surface area (Å²) >= 11 is 0. The fourth-order valence-electron chi connectivity index (χ4n) is 5.79. The van der Waals surface area contributed by atoms with E-state index in [-0.39, 0.29) is 0 Å². The van der Waals surface area contributed by atoms with Crippen molar-refractivity contribution in [1.82, 2.24) is 24.9 Å². The molecular formula is C43H31N7.